The van der Waals surface area contributed by atoms with Crippen molar-refractivity contribution in [1.29, 1.82) is 0 Å². The molecule has 0 spiro atoms. The minimum Gasteiger partial charge on any atom is -0.433 e. The van der Waals surface area contributed by atoms with E-state index in [2.05, 4.69) is 4.74 Å². The summed E-state index contributed by atoms with van der Waals surface area (Å²) in [5.41, 5.74) is 5.90. The maximum Gasteiger partial charge on any atom is 0.387 e. The van der Waals surface area contributed by atoms with Crippen molar-refractivity contribution in [2.75, 3.05) is 13.6 Å². The Labute approximate surface area is 130 Å². The van der Waals surface area contributed by atoms with E-state index in [1.807, 2.05) is 13.8 Å². The summed E-state index contributed by atoms with van der Waals surface area (Å²) in [5, 5.41) is 0. The highest BCUT2D eigenvalue weighted by Crippen LogP contribution is 2.27. The minimum atomic E-state index is -3.92. The maximum absolute atomic E-state index is 12.5. The number of para-hydroxylation sites is 1. The number of nitrogens with two attached hydrogens (primary N) is 1. The van der Waals surface area contributed by atoms with Crippen LogP contribution in [0.2, 0.25) is 0 Å². The molecule has 0 saturated carbocycles. The average molecular weight is 336 g/mol. The number of rotatable bonds is 8. The quantitative estimate of drug-likeness (QED) is 0.790. The summed E-state index contributed by atoms with van der Waals surface area (Å²) in [4.78, 5) is -0.282. The third-order valence-electron chi connectivity index (χ3n) is 3.39. The van der Waals surface area contributed by atoms with Gasteiger partial charge in [0.25, 0.3) is 0 Å². The second kappa shape index (κ2) is 7.85. The van der Waals surface area contributed by atoms with Crippen LogP contribution < -0.4 is 10.5 Å². The molecular weight excluding hydrogens is 314 g/mol. The minimum absolute atomic E-state index is 0.134. The van der Waals surface area contributed by atoms with Gasteiger partial charge in [0.15, 0.2) is 0 Å². The molecule has 0 aliphatic carbocycles. The van der Waals surface area contributed by atoms with Gasteiger partial charge in [-0.3, -0.25) is 0 Å². The van der Waals surface area contributed by atoms with E-state index >= 15 is 0 Å². The summed E-state index contributed by atoms with van der Waals surface area (Å²) >= 11 is 0. The van der Waals surface area contributed by atoms with Gasteiger partial charge >= 0.3 is 6.61 Å². The number of nitrogens with zero attached hydrogens (tertiary/aromatic N) is 1. The number of alkyl halides is 2. The molecule has 0 aliphatic heterocycles. The lowest BCUT2D eigenvalue weighted by Crippen LogP contribution is -2.34. The zero-order chi connectivity index (χ0) is 16.9. The summed E-state index contributed by atoms with van der Waals surface area (Å²) in [5.74, 6) is -0.136. The molecular formula is C14H22F2N2O3S. The Hall–Kier alpha value is -1.25. The molecule has 1 atom stereocenters. The first kappa shape index (κ1) is 18.8. The highest BCUT2D eigenvalue weighted by molar-refractivity contribution is 7.89. The SMILES string of the molecule is CC(C)C(N)CCN(C)S(=O)(=O)c1ccccc1OC(F)F. The van der Waals surface area contributed by atoms with E-state index in [-0.39, 0.29) is 29.1 Å². The zero-order valence-corrected chi connectivity index (χ0v) is 13.7. The van der Waals surface area contributed by atoms with Crippen LogP contribution in [0, 0.1) is 5.92 Å². The first-order valence-corrected chi connectivity index (χ1v) is 8.36. The molecule has 0 saturated heterocycles. The largest absolute Gasteiger partial charge is 0.433 e. The van der Waals surface area contributed by atoms with Crippen LogP contribution in [-0.4, -0.2) is 39.0 Å². The number of hydrogen-bond donors (Lipinski definition) is 1. The van der Waals surface area contributed by atoms with Crippen molar-refractivity contribution < 1.29 is 21.9 Å². The lowest BCUT2D eigenvalue weighted by Gasteiger charge is -2.22. The first-order chi connectivity index (χ1) is 10.2. The van der Waals surface area contributed by atoms with E-state index in [1.54, 1.807) is 0 Å². The molecule has 22 heavy (non-hydrogen) atoms. The lowest BCUT2D eigenvalue weighted by atomic mass is 10.0. The zero-order valence-electron chi connectivity index (χ0n) is 12.9. The average Bonchev–Trinajstić information content (AvgIpc) is 2.43. The third-order valence-corrected chi connectivity index (χ3v) is 5.28. The molecule has 0 fully saturated rings. The number of ether oxygens (including phenoxy) is 1. The highest BCUT2D eigenvalue weighted by atomic mass is 32.2. The normalized spacial score (nSPS) is 13.9. The van der Waals surface area contributed by atoms with Crippen LogP contribution in [0.15, 0.2) is 29.2 Å². The van der Waals surface area contributed by atoms with Gasteiger partial charge in [-0.1, -0.05) is 26.0 Å². The molecule has 126 valence electrons. The van der Waals surface area contributed by atoms with Crippen LogP contribution in [0.25, 0.3) is 0 Å². The van der Waals surface area contributed by atoms with Crippen molar-refractivity contribution in [2.24, 2.45) is 11.7 Å². The molecule has 8 heteroatoms. The topological polar surface area (TPSA) is 72.6 Å². The maximum atomic E-state index is 12.5. The van der Waals surface area contributed by atoms with Gasteiger partial charge in [0.1, 0.15) is 10.6 Å². The molecule has 0 aliphatic rings. The Morgan fingerprint density at radius 2 is 1.86 bits per heavy atom. The van der Waals surface area contributed by atoms with Crippen molar-refractivity contribution in [1.82, 2.24) is 4.31 Å². The van der Waals surface area contributed by atoms with E-state index in [4.69, 9.17) is 5.73 Å². The van der Waals surface area contributed by atoms with Crippen LogP contribution in [-0.2, 0) is 10.0 Å². The smallest absolute Gasteiger partial charge is 0.387 e. The predicted molar refractivity (Wildman–Crippen MR) is 80.3 cm³/mol. The van der Waals surface area contributed by atoms with Gasteiger partial charge in [0.05, 0.1) is 0 Å². The molecule has 1 aromatic carbocycles. The van der Waals surface area contributed by atoms with Crippen molar-refractivity contribution in [3.05, 3.63) is 24.3 Å². The molecule has 0 bridgehead atoms. The van der Waals surface area contributed by atoms with Crippen molar-refractivity contribution in [2.45, 2.75) is 37.8 Å². The summed E-state index contributed by atoms with van der Waals surface area (Å²) < 4.78 is 55.1. The van der Waals surface area contributed by atoms with E-state index in [0.29, 0.717) is 6.42 Å². The summed E-state index contributed by atoms with van der Waals surface area (Å²) in [7, 11) is -2.53. The fraction of sp³-hybridized carbons (Fsp3) is 0.571. The van der Waals surface area contributed by atoms with Gasteiger partial charge in [-0.2, -0.15) is 8.78 Å². The number of benzene rings is 1. The molecule has 1 aromatic rings. The number of hydrogen-bond acceptors (Lipinski definition) is 4. The van der Waals surface area contributed by atoms with E-state index in [9.17, 15) is 17.2 Å². The summed E-state index contributed by atoms with van der Waals surface area (Å²) in [6.07, 6.45) is 0.477. The third kappa shape index (κ3) is 4.89. The molecule has 5 nitrogen and oxygen atoms in total. The molecule has 0 heterocycles. The summed E-state index contributed by atoms with van der Waals surface area (Å²) in [6, 6.07) is 5.20. The van der Waals surface area contributed by atoms with Gasteiger partial charge in [0.2, 0.25) is 10.0 Å². The molecule has 0 radical (unpaired) electrons. The van der Waals surface area contributed by atoms with E-state index in [1.165, 1.54) is 31.3 Å². The molecule has 0 amide bonds. The monoisotopic (exact) mass is 336 g/mol. The van der Waals surface area contributed by atoms with Crippen LogP contribution in [0.3, 0.4) is 0 Å². The van der Waals surface area contributed by atoms with Gasteiger partial charge in [0, 0.05) is 19.6 Å². The van der Waals surface area contributed by atoms with Gasteiger partial charge < -0.3 is 10.5 Å². The van der Waals surface area contributed by atoms with Gasteiger partial charge in [-0.15, -0.1) is 0 Å². The van der Waals surface area contributed by atoms with E-state index in [0.717, 1.165) is 4.31 Å². The molecule has 1 rings (SSSR count). The Bertz CT molecular complexity index is 579. The molecule has 2 N–H and O–H groups in total. The van der Waals surface area contributed by atoms with Crippen LogP contribution in [0.5, 0.6) is 5.75 Å². The van der Waals surface area contributed by atoms with Crippen molar-refractivity contribution in [3.63, 3.8) is 0 Å². The molecule has 1 unspecified atom stereocenters. The van der Waals surface area contributed by atoms with Crippen molar-refractivity contribution in [3.8, 4) is 5.75 Å². The Kier molecular flexibility index (Phi) is 6.70. The van der Waals surface area contributed by atoms with Crippen LogP contribution in [0.4, 0.5) is 8.78 Å². The van der Waals surface area contributed by atoms with Crippen LogP contribution in [0.1, 0.15) is 20.3 Å². The Morgan fingerprint density at radius 3 is 2.41 bits per heavy atom. The summed E-state index contributed by atoms with van der Waals surface area (Å²) in [6.45, 7) is 1.01. The van der Waals surface area contributed by atoms with Gasteiger partial charge in [-0.05, 0) is 24.5 Å². The van der Waals surface area contributed by atoms with Crippen LogP contribution >= 0.6 is 0 Å². The Balaban J connectivity index is 2.94. The van der Waals surface area contributed by atoms with Gasteiger partial charge in [-0.25, -0.2) is 12.7 Å². The number of halogens is 2. The lowest BCUT2D eigenvalue weighted by molar-refractivity contribution is -0.0517. The van der Waals surface area contributed by atoms with Crippen molar-refractivity contribution >= 4 is 10.0 Å². The fourth-order valence-electron chi connectivity index (χ4n) is 1.81. The standard InChI is InChI=1S/C14H22F2N2O3S/c1-10(2)11(17)8-9-18(3)22(19,20)13-7-5-4-6-12(13)21-14(15)16/h4-7,10-11,14H,8-9,17H2,1-3H3. The molecule has 0 aromatic heterocycles. The Morgan fingerprint density at radius 1 is 1.27 bits per heavy atom. The highest BCUT2D eigenvalue weighted by Gasteiger charge is 2.26. The number of sulfonamides is 1. The van der Waals surface area contributed by atoms with E-state index < -0.39 is 16.6 Å². The predicted octanol–water partition coefficient (Wildman–Crippen LogP) is 2.28. The fourth-order valence-corrected chi connectivity index (χ4v) is 3.11. The first-order valence-electron chi connectivity index (χ1n) is 6.92. The second-order valence-corrected chi connectivity index (χ2v) is 7.36. The second-order valence-electron chi connectivity index (χ2n) is 5.35.